The van der Waals surface area contributed by atoms with Gasteiger partial charge in [0.15, 0.2) is 6.10 Å². The zero-order chi connectivity index (χ0) is 49.2. The van der Waals surface area contributed by atoms with Crippen LogP contribution in [-0.4, -0.2) is 37.9 Å². The van der Waals surface area contributed by atoms with E-state index >= 15 is 0 Å². The fourth-order valence-corrected chi connectivity index (χ4v) is 7.86. The van der Waals surface area contributed by atoms with E-state index in [1.54, 1.807) is 0 Å². The van der Waals surface area contributed by atoms with Crippen LogP contribution in [-0.2, 0) is 23.8 Å². The minimum Gasteiger partial charge on any atom is -0.462 e. The van der Waals surface area contributed by atoms with Crippen molar-refractivity contribution in [3.8, 4) is 0 Å². The van der Waals surface area contributed by atoms with Crippen LogP contribution in [0.1, 0.15) is 265 Å². The van der Waals surface area contributed by atoms with Gasteiger partial charge in [-0.2, -0.15) is 0 Å². The van der Waals surface area contributed by atoms with Gasteiger partial charge in [0.05, 0.1) is 6.61 Å². The highest BCUT2D eigenvalue weighted by molar-refractivity contribution is 5.70. The first-order valence-electron chi connectivity index (χ1n) is 28.8. The Kier molecular flexibility index (Phi) is 55.4. The number of ether oxygens (including phenoxy) is 3. The molecular formula is C63H108O5. The standard InChI is InChI=1S/C63H108O5/c1-4-7-10-13-16-19-22-25-28-30-32-34-36-38-41-44-47-50-53-56-62(64)67-60-61(59-66-58-55-52-49-46-43-40-27-24-21-18-15-12-9-6-3)68-63(65)57-54-51-48-45-42-39-37-35-33-31-29-26-23-20-17-14-11-8-5-2/h7,10,16-17,19-20,25-26,28-29,32,34,38,41,47,50,61H,4-6,8-9,11-15,18,21-24,27,30-31,33,35-37,39-40,42-46,48-49,51-60H2,1-3H3/b10-7-,19-16-,20-17-,28-25-,29-26-,34-32-,41-38-,50-47-. The van der Waals surface area contributed by atoms with Crippen LogP contribution in [0, 0.1) is 0 Å². The predicted molar refractivity (Wildman–Crippen MR) is 297 cm³/mol. The van der Waals surface area contributed by atoms with Crippen LogP contribution in [0.5, 0.6) is 0 Å². The van der Waals surface area contributed by atoms with Gasteiger partial charge < -0.3 is 14.2 Å². The van der Waals surface area contributed by atoms with Crippen molar-refractivity contribution in [1.82, 2.24) is 0 Å². The average Bonchev–Trinajstić information content (AvgIpc) is 3.34. The Hall–Kier alpha value is -3.18. The maximum Gasteiger partial charge on any atom is 0.306 e. The van der Waals surface area contributed by atoms with Crippen LogP contribution in [0.15, 0.2) is 97.2 Å². The number of carbonyl (C=O) groups is 2. The van der Waals surface area contributed by atoms with Crippen molar-refractivity contribution in [3.05, 3.63) is 97.2 Å². The first-order chi connectivity index (χ1) is 33.6. The minimum atomic E-state index is -0.573. The Morgan fingerprint density at radius 3 is 1.15 bits per heavy atom. The van der Waals surface area contributed by atoms with Gasteiger partial charge in [-0.15, -0.1) is 0 Å². The van der Waals surface area contributed by atoms with Crippen molar-refractivity contribution < 1.29 is 23.8 Å². The molecular weight excluding hydrogens is 837 g/mol. The van der Waals surface area contributed by atoms with E-state index in [0.29, 0.717) is 25.9 Å². The molecule has 0 rings (SSSR count). The van der Waals surface area contributed by atoms with Gasteiger partial charge in [0, 0.05) is 19.4 Å². The fraction of sp³-hybridized carbons (Fsp3) is 0.714. The summed E-state index contributed by atoms with van der Waals surface area (Å²) >= 11 is 0. The quantitative estimate of drug-likeness (QED) is 0.0345. The molecule has 0 fully saturated rings. The predicted octanol–water partition coefficient (Wildman–Crippen LogP) is 19.8. The third kappa shape index (κ3) is 55.4. The number of hydrogen-bond donors (Lipinski definition) is 0. The summed E-state index contributed by atoms with van der Waals surface area (Å²) in [6, 6.07) is 0. The number of hydrogen-bond acceptors (Lipinski definition) is 5. The number of rotatable bonds is 52. The molecule has 1 atom stereocenters. The Labute approximate surface area is 422 Å². The van der Waals surface area contributed by atoms with E-state index < -0.39 is 6.10 Å². The molecule has 0 amide bonds. The van der Waals surface area contributed by atoms with E-state index in [-0.39, 0.29) is 25.2 Å². The average molecular weight is 946 g/mol. The molecule has 0 aromatic heterocycles. The molecule has 0 heterocycles. The van der Waals surface area contributed by atoms with Gasteiger partial charge in [-0.05, 0) is 89.9 Å². The SMILES string of the molecule is CC/C=C\C/C=C\C/C=C\C/C=C\C/C=C\C/C=C\CCC(=O)OCC(COCCCCCCCCCCCCCCCC)OC(=O)CCCCCCCCCCC/C=C\C/C=C\CCCCC. The maximum atomic E-state index is 12.9. The van der Waals surface area contributed by atoms with E-state index in [1.807, 2.05) is 6.08 Å². The van der Waals surface area contributed by atoms with Crippen LogP contribution in [0.25, 0.3) is 0 Å². The van der Waals surface area contributed by atoms with Gasteiger partial charge in [-0.1, -0.05) is 259 Å². The summed E-state index contributed by atoms with van der Waals surface area (Å²) in [5, 5.41) is 0. The molecule has 390 valence electrons. The topological polar surface area (TPSA) is 61.8 Å². The number of allylic oxidation sites excluding steroid dienone is 16. The lowest BCUT2D eigenvalue weighted by Crippen LogP contribution is -2.30. The van der Waals surface area contributed by atoms with Crippen molar-refractivity contribution in [3.63, 3.8) is 0 Å². The molecule has 68 heavy (non-hydrogen) atoms. The van der Waals surface area contributed by atoms with Crippen molar-refractivity contribution in [2.24, 2.45) is 0 Å². The highest BCUT2D eigenvalue weighted by Gasteiger charge is 2.17. The van der Waals surface area contributed by atoms with Crippen LogP contribution < -0.4 is 0 Å². The number of carbonyl (C=O) groups excluding carboxylic acids is 2. The molecule has 0 saturated heterocycles. The second-order valence-corrected chi connectivity index (χ2v) is 18.8. The second kappa shape index (κ2) is 58.1. The molecule has 5 heteroatoms. The van der Waals surface area contributed by atoms with Crippen molar-refractivity contribution in [1.29, 1.82) is 0 Å². The summed E-state index contributed by atoms with van der Waals surface area (Å²) in [5.74, 6) is -0.494. The summed E-state index contributed by atoms with van der Waals surface area (Å²) in [7, 11) is 0. The van der Waals surface area contributed by atoms with Crippen molar-refractivity contribution in [2.45, 2.75) is 271 Å². The monoisotopic (exact) mass is 945 g/mol. The summed E-state index contributed by atoms with van der Waals surface area (Å²) in [6.45, 7) is 7.63. The van der Waals surface area contributed by atoms with Crippen LogP contribution >= 0.6 is 0 Å². The molecule has 1 unspecified atom stereocenters. The summed E-state index contributed by atoms with van der Waals surface area (Å²) in [4.78, 5) is 25.5. The zero-order valence-electron chi connectivity index (χ0n) is 44.8. The largest absolute Gasteiger partial charge is 0.462 e. The molecule has 0 aliphatic heterocycles. The third-order valence-corrected chi connectivity index (χ3v) is 12.1. The van der Waals surface area contributed by atoms with Gasteiger partial charge in [0.25, 0.3) is 0 Å². The Morgan fingerprint density at radius 2 is 0.691 bits per heavy atom. The zero-order valence-corrected chi connectivity index (χ0v) is 44.8. The lowest BCUT2D eigenvalue weighted by atomic mass is 10.0. The summed E-state index contributed by atoms with van der Waals surface area (Å²) in [6.07, 6.45) is 78.6. The Balaban J connectivity index is 4.38. The van der Waals surface area contributed by atoms with E-state index in [0.717, 1.165) is 77.0 Å². The van der Waals surface area contributed by atoms with Gasteiger partial charge in [0.2, 0.25) is 0 Å². The van der Waals surface area contributed by atoms with Crippen LogP contribution in [0.3, 0.4) is 0 Å². The van der Waals surface area contributed by atoms with Crippen LogP contribution in [0.2, 0.25) is 0 Å². The molecule has 0 bridgehead atoms. The molecule has 0 aromatic rings. The molecule has 0 aliphatic rings. The first kappa shape index (κ1) is 64.8. The smallest absolute Gasteiger partial charge is 0.306 e. The molecule has 0 aliphatic carbocycles. The highest BCUT2D eigenvalue weighted by Crippen LogP contribution is 2.15. The molecule has 0 N–H and O–H groups in total. The lowest BCUT2D eigenvalue weighted by Gasteiger charge is -2.18. The highest BCUT2D eigenvalue weighted by atomic mass is 16.6. The van der Waals surface area contributed by atoms with E-state index in [2.05, 4.69) is 112 Å². The fourth-order valence-electron chi connectivity index (χ4n) is 7.86. The number of unbranched alkanes of at least 4 members (excludes halogenated alkanes) is 25. The van der Waals surface area contributed by atoms with Crippen molar-refractivity contribution >= 4 is 11.9 Å². The number of esters is 2. The molecule has 0 radical (unpaired) electrons. The normalized spacial score (nSPS) is 12.9. The summed E-state index contributed by atoms with van der Waals surface area (Å²) in [5.41, 5.74) is 0. The van der Waals surface area contributed by atoms with E-state index in [4.69, 9.17) is 14.2 Å². The molecule has 5 nitrogen and oxygen atoms in total. The molecule has 0 saturated carbocycles. The van der Waals surface area contributed by atoms with E-state index in [1.165, 1.54) is 148 Å². The minimum absolute atomic E-state index is 0.0416. The van der Waals surface area contributed by atoms with Gasteiger partial charge in [0.1, 0.15) is 6.61 Å². The first-order valence-corrected chi connectivity index (χ1v) is 28.8. The van der Waals surface area contributed by atoms with Gasteiger partial charge >= 0.3 is 11.9 Å². The summed E-state index contributed by atoms with van der Waals surface area (Å²) < 4.78 is 17.4. The van der Waals surface area contributed by atoms with Gasteiger partial charge in [-0.3, -0.25) is 9.59 Å². The molecule has 0 aromatic carbocycles. The molecule has 0 spiro atoms. The van der Waals surface area contributed by atoms with Crippen molar-refractivity contribution in [2.75, 3.05) is 19.8 Å². The Morgan fingerprint density at radius 1 is 0.338 bits per heavy atom. The second-order valence-electron chi connectivity index (χ2n) is 18.8. The van der Waals surface area contributed by atoms with Gasteiger partial charge in [-0.25, -0.2) is 0 Å². The lowest BCUT2D eigenvalue weighted by molar-refractivity contribution is -0.162. The van der Waals surface area contributed by atoms with Crippen LogP contribution in [0.4, 0.5) is 0 Å². The Bertz CT molecular complexity index is 1300. The van der Waals surface area contributed by atoms with E-state index in [9.17, 15) is 9.59 Å². The third-order valence-electron chi connectivity index (χ3n) is 12.1. The maximum absolute atomic E-state index is 12.9.